The summed E-state index contributed by atoms with van der Waals surface area (Å²) >= 11 is 5.93. The minimum Gasteiger partial charge on any atom is -0.419 e. The third-order valence-corrected chi connectivity index (χ3v) is 3.95. The van der Waals surface area contributed by atoms with Crippen LogP contribution in [0.4, 0.5) is 0 Å². The van der Waals surface area contributed by atoms with Crippen molar-refractivity contribution in [1.29, 1.82) is 0 Å². The van der Waals surface area contributed by atoms with E-state index in [2.05, 4.69) is 22.4 Å². The van der Waals surface area contributed by atoms with Gasteiger partial charge in [0.15, 0.2) is 0 Å². The first kappa shape index (κ1) is 15.7. The molecule has 0 saturated heterocycles. The minimum absolute atomic E-state index is 0.0503. The summed E-state index contributed by atoms with van der Waals surface area (Å²) in [7, 11) is 0. The van der Waals surface area contributed by atoms with Gasteiger partial charge < -0.3 is 4.42 Å². The van der Waals surface area contributed by atoms with Crippen molar-refractivity contribution >= 4 is 11.6 Å². The molecule has 118 valence electrons. The predicted molar refractivity (Wildman–Crippen MR) is 91.2 cm³/mol. The standard InChI is InChI=1S/C18H18ClN3O/c1-12(14-8-10-16(19)11-9-14)20-13(2)17-21-22-18(23-17)15-6-4-3-5-7-15/h3-13,20H,1-2H3/t12-,13+/m0/s1. The molecule has 4 nitrogen and oxygen atoms in total. The molecule has 3 aromatic rings. The van der Waals surface area contributed by atoms with Gasteiger partial charge in [-0.25, -0.2) is 0 Å². The number of halogens is 1. The van der Waals surface area contributed by atoms with Crippen LogP contribution in [-0.4, -0.2) is 10.2 Å². The van der Waals surface area contributed by atoms with Crippen molar-refractivity contribution < 1.29 is 4.42 Å². The molecule has 0 bridgehead atoms. The lowest BCUT2D eigenvalue weighted by molar-refractivity contribution is 0.395. The molecule has 0 radical (unpaired) electrons. The summed E-state index contributed by atoms with van der Waals surface area (Å²) in [5, 5.41) is 12.5. The second kappa shape index (κ2) is 6.94. The maximum atomic E-state index is 5.93. The van der Waals surface area contributed by atoms with Gasteiger partial charge in [0.2, 0.25) is 11.8 Å². The molecule has 0 amide bonds. The fraction of sp³-hybridized carbons (Fsp3) is 0.222. The molecule has 23 heavy (non-hydrogen) atoms. The van der Waals surface area contributed by atoms with Crippen LogP contribution in [0.5, 0.6) is 0 Å². The van der Waals surface area contributed by atoms with Gasteiger partial charge in [0.05, 0.1) is 6.04 Å². The first-order valence-corrected chi connectivity index (χ1v) is 7.91. The number of aromatic nitrogens is 2. The van der Waals surface area contributed by atoms with Gasteiger partial charge in [0.25, 0.3) is 0 Å². The van der Waals surface area contributed by atoms with Crippen LogP contribution in [0.1, 0.15) is 37.4 Å². The second-order valence-corrected chi connectivity index (χ2v) is 5.91. The summed E-state index contributed by atoms with van der Waals surface area (Å²) in [5.74, 6) is 1.11. The SMILES string of the molecule is C[C@H](N[C@H](C)c1nnc(-c2ccccc2)o1)c1ccc(Cl)cc1. The zero-order chi connectivity index (χ0) is 16.2. The maximum Gasteiger partial charge on any atom is 0.247 e. The van der Waals surface area contributed by atoms with Crippen molar-refractivity contribution in [2.24, 2.45) is 0 Å². The van der Waals surface area contributed by atoms with Crippen LogP contribution < -0.4 is 5.32 Å². The quantitative estimate of drug-likeness (QED) is 0.731. The summed E-state index contributed by atoms with van der Waals surface area (Å²) < 4.78 is 5.78. The van der Waals surface area contributed by atoms with Gasteiger partial charge >= 0.3 is 0 Å². The van der Waals surface area contributed by atoms with E-state index < -0.39 is 0 Å². The van der Waals surface area contributed by atoms with E-state index in [-0.39, 0.29) is 12.1 Å². The summed E-state index contributed by atoms with van der Waals surface area (Å²) in [6, 6.07) is 17.6. The van der Waals surface area contributed by atoms with Crippen molar-refractivity contribution in [2.45, 2.75) is 25.9 Å². The highest BCUT2D eigenvalue weighted by molar-refractivity contribution is 6.30. The molecule has 5 heteroatoms. The number of hydrogen-bond acceptors (Lipinski definition) is 4. The Bertz CT molecular complexity index is 755. The highest BCUT2D eigenvalue weighted by atomic mass is 35.5. The lowest BCUT2D eigenvalue weighted by Gasteiger charge is -2.17. The van der Waals surface area contributed by atoms with E-state index in [0.717, 1.165) is 16.1 Å². The summed E-state index contributed by atoms with van der Waals surface area (Å²) in [6.45, 7) is 4.10. The predicted octanol–water partition coefficient (Wildman–Crippen LogP) is 4.80. The minimum atomic E-state index is -0.0503. The Hall–Kier alpha value is -2.17. The first-order valence-electron chi connectivity index (χ1n) is 7.54. The molecule has 0 spiro atoms. The monoisotopic (exact) mass is 327 g/mol. The summed E-state index contributed by atoms with van der Waals surface area (Å²) in [4.78, 5) is 0. The Labute approximate surface area is 140 Å². The molecule has 2 atom stereocenters. The van der Waals surface area contributed by atoms with Gasteiger partial charge in [-0.1, -0.05) is 41.9 Å². The van der Waals surface area contributed by atoms with Crippen molar-refractivity contribution in [3.05, 3.63) is 71.1 Å². The van der Waals surface area contributed by atoms with Crippen LogP contribution in [0.15, 0.2) is 59.0 Å². The third-order valence-electron chi connectivity index (χ3n) is 3.70. The largest absolute Gasteiger partial charge is 0.419 e. The van der Waals surface area contributed by atoms with E-state index in [0.29, 0.717) is 11.8 Å². The highest BCUT2D eigenvalue weighted by Crippen LogP contribution is 2.23. The smallest absolute Gasteiger partial charge is 0.247 e. The number of rotatable bonds is 5. The van der Waals surface area contributed by atoms with Crippen LogP contribution >= 0.6 is 11.6 Å². The van der Waals surface area contributed by atoms with Crippen LogP contribution in [0.2, 0.25) is 5.02 Å². The normalized spacial score (nSPS) is 13.7. The zero-order valence-electron chi connectivity index (χ0n) is 13.0. The zero-order valence-corrected chi connectivity index (χ0v) is 13.8. The first-order chi connectivity index (χ1) is 11.1. The maximum absolute atomic E-state index is 5.93. The highest BCUT2D eigenvalue weighted by Gasteiger charge is 2.17. The molecular formula is C18H18ClN3O. The average Bonchev–Trinajstić information content (AvgIpc) is 3.06. The van der Waals surface area contributed by atoms with Crippen molar-refractivity contribution in [1.82, 2.24) is 15.5 Å². The lowest BCUT2D eigenvalue weighted by atomic mass is 10.1. The molecule has 0 unspecified atom stereocenters. The van der Waals surface area contributed by atoms with Gasteiger partial charge in [0, 0.05) is 16.6 Å². The van der Waals surface area contributed by atoms with Gasteiger partial charge in [-0.15, -0.1) is 10.2 Å². The molecule has 3 rings (SSSR count). The van der Waals surface area contributed by atoms with Crippen molar-refractivity contribution in [3.8, 4) is 11.5 Å². The van der Waals surface area contributed by atoms with E-state index in [1.165, 1.54) is 0 Å². The number of hydrogen-bond donors (Lipinski definition) is 1. The molecule has 1 heterocycles. The molecule has 1 aromatic heterocycles. The third kappa shape index (κ3) is 3.78. The molecule has 0 aliphatic carbocycles. The Morgan fingerprint density at radius 3 is 2.30 bits per heavy atom. The molecule has 2 aromatic carbocycles. The number of nitrogens with zero attached hydrogens (tertiary/aromatic N) is 2. The topological polar surface area (TPSA) is 51.0 Å². The van der Waals surface area contributed by atoms with Crippen molar-refractivity contribution in [2.75, 3.05) is 0 Å². The van der Waals surface area contributed by atoms with Crippen LogP contribution in [-0.2, 0) is 0 Å². The summed E-state index contributed by atoms with van der Waals surface area (Å²) in [5.41, 5.74) is 2.08. The molecule has 0 aliphatic heterocycles. The van der Waals surface area contributed by atoms with E-state index in [1.54, 1.807) is 0 Å². The second-order valence-electron chi connectivity index (χ2n) is 5.47. The summed E-state index contributed by atoms with van der Waals surface area (Å²) in [6.07, 6.45) is 0. The average molecular weight is 328 g/mol. The Kier molecular flexibility index (Phi) is 4.74. The molecule has 0 fully saturated rings. The van der Waals surface area contributed by atoms with Gasteiger partial charge in [-0.05, 0) is 43.7 Å². The van der Waals surface area contributed by atoms with Gasteiger partial charge in [-0.3, -0.25) is 5.32 Å². The molecule has 0 saturated carbocycles. The molecule has 1 N–H and O–H groups in total. The number of nitrogens with one attached hydrogen (secondary N) is 1. The van der Waals surface area contributed by atoms with Gasteiger partial charge in [0.1, 0.15) is 0 Å². The van der Waals surface area contributed by atoms with E-state index in [1.807, 2.05) is 61.5 Å². The fourth-order valence-corrected chi connectivity index (χ4v) is 2.53. The van der Waals surface area contributed by atoms with Gasteiger partial charge in [-0.2, -0.15) is 0 Å². The Morgan fingerprint density at radius 2 is 1.61 bits per heavy atom. The Balaban J connectivity index is 1.70. The Morgan fingerprint density at radius 1 is 0.913 bits per heavy atom. The molecule has 0 aliphatic rings. The van der Waals surface area contributed by atoms with E-state index in [4.69, 9.17) is 16.0 Å². The van der Waals surface area contributed by atoms with Crippen LogP contribution in [0, 0.1) is 0 Å². The fourth-order valence-electron chi connectivity index (χ4n) is 2.40. The van der Waals surface area contributed by atoms with Crippen LogP contribution in [0.3, 0.4) is 0 Å². The molecular weight excluding hydrogens is 310 g/mol. The van der Waals surface area contributed by atoms with Crippen LogP contribution in [0.25, 0.3) is 11.5 Å². The van der Waals surface area contributed by atoms with E-state index >= 15 is 0 Å². The van der Waals surface area contributed by atoms with E-state index in [9.17, 15) is 0 Å². The number of benzene rings is 2. The van der Waals surface area contributed by atoms with Crippen molar-refractivity contribution in [3.63, 3.8) is 0 Å². The lowest BCUT2D eigenvalue weighted by Crippen LogP contribution is -2.22.